The van der Waals surface area contributed by atoms with E-state index in [-0.39, 0.29) is 5.96 Å². The van der Waals surface area contributed by atoms with Crippen LogP contribution in [0.25, 0.3) is 0 Å². The van der Waals surface area contributed by atoms with Crippen LogP contribution in [0.2, 0.25) is 5.02 Å². The van der Waals surface area contributed by atoms with Gasteiger partial charge in [-0.25, -0.2) is 0 Å². The van der Waals surface area contributed by atoms with Crippen LogP contribution in [0.3, 0.4) is 0 Å². The highest BCUT2D eigenvalue weighted by Gasteiger charge is 2.00. The van der Waals surface area contributed by atoms with Crippen molar-refractivity contribution in [1.82, 2.24) is 0 Å². The summed E-state index contributed by atoms with van der Waals surface area (Å²) >= 11 is 5.86. The zero-order valence-electron chi connectivity index (χ0n) is 7.31. The first-order valence-electron chi connectivity index (χ1n) is 3.77. The van der Waals surface area contributed by atoms with Gasteiger partial charge in [-0.15, -0.1) is 5.10 Å². The maximum atomic E-state index is 5.86. The van der Waals surface area contributed by atoms with E-state index >= 15 is 0 Å². The van der Waals surface area contributed by atoms with Gasteiger partial charge in [0, 0.05) is 11.3 Å². The van der Waals surface area contributed by atoms with Crippen molar-refractivity contribution >= 4 is 29.5 Å². The van der Waals surface area contributed by atoms with Gasteiger partial charge in [0.05, 0.1) is 11.2 Å². The fraction of sp³-hybridized carbons (Fsp3) is 0. The molecule has 1 aromatic carbocycles. The third kappa shape index (κ3) is 2.63. The third-order valence-electron chi connectivity index (χ3n) is 1.45. The normalized spacial score (nSPS) is 10.4. The predicted octanol–water partition coefficient (Wildman–Crippen LogP) is 0.530. The van der Waals surface area contributed by atoms with Crippen LogP contribution in [0, 0.1) is 0 Å². The third-order valence-corrected chi connectivity index (χ3v) is 1.78. The number of nitrogens with two attached hydrogens (primary N) is 3. The van der Waals surface area contributed by atoms with Gasteiger partial charge < -0.3 is 17.2 Å². The Labute approximate surface area is 86.2 Å². The highest BCUT2D eigenvalue weighted by Crippen LogP contribution is 2.19. The van der Waals surface area contributed by atoms with Crippen LogP contribution in [-0.2, 0) is 0 Å². The van der Waals surface area contributed by atoms with Crippen molar-refractivity contribution in [3.8, 4) is 0 Å². The average molecular weight is 212 g/mol. The fourth-order valence-electron chi connectivity index (χ4n) is 0.843. The van der Waals surface area contributed by atoms with Gasteiger partial charge in [-0.2, -0.15) is 5.10 Å². The molecular formula is C8H10ClN5. The number of hydrogen-bond donors (Lipinski definition) is 3. The van der Waals surface area contributed by atoms with E-state index in [1.165, 1.54) is 6.21 Å². The molecule has 0 aromatic heterocycles. The molecule has 0 aliphatic carbocycles. The summed E-state index contributed by atoms with van der Waals surface area (Å²) in [5, 5.41) is 7.54. The molecule has 74 valence electrons. The topological polar surface area (TPSA) is 103 Å². The van der Waals surface area contributed by atoms with Crippen molar-refractivity contribution in [2.45, 2.75) is 0 Å². The maximum Gasteiger partial charge on any atom is 0.211 e. The lowest BCUT2D eigenvalue weighted by Crippen LogP contribution is -2.21. The first-order chi connectivity index (χ1) is 6.61. The molecule has 0 aliphatic heterocycles. The number of nitrogen functional groups attached to an aromatic ring is 1. The van der Waals surface area contributed by atoms with Crippen LogP contribution in [0.1, 0.15) is 5.56 Å². The van der Waals surface area contributed by atoms with E-state index in [4.69, 9.17) is 28.8 Å². The number of hydrogen-bond acceptors (Lipinski definition) is 3. The van der Waals surface area contributed by atoms with Crippen LogP contribution in [0.4, 0.5) is 5.69 Å². The molecule has 5 nitrogen and oxygen atoms in total. The molecule has 14 heavy (non-hydrogen) atoms. The Bertz CT molecular complexity index is 361. The number of guanidine groups is 1. The van der Waals surface area contributed by atoms with Crippen molar-refractivity contribution in [2.24, 2.45) is 21.7 Å². The van der Waals surface area contributed by atoms with Gasteiger partial charge in [-0.3, -0.25) is 0 Å². The molecule has 0 spiro atoms. The first-order valence-corrected chi connectivity index (χ1v) is 4.15. The second-order valence-corrected chi connectivity index (χ2v) is 2.92. The van der Waals surface area contributed by atoms with Crippen LogP contribution in [0.5, 0.6) is 0 Å². The van der Waals surface area contributed by atoms with E-state index in [0.717, 1.165) is 0 Å². The number of benzene rings is 1. The van der Waals surface area contributed by atoms with E-state index in [1.54, 1.807) is 18.2 Å². The largest absolute Gasteiger partial charge is 0.398 e. The van der Waals surface area contributed by atoms with Crippen molar-refractivity contribution in [3.63, 3.8) is 0 Å². The molecule has 0 aliphatic rings. The molecule has 1 aromatic rings. The average Bonchev–Trinajstić information content (AvgIpc) is 2.09. The molecule has 0 amide bonds. The van der Waals surface area contributed by atoms with Gasteiger partial charge in [-0.05, 0) is 12.1 Å². The highest BCUT2D eigenvalue weighted by molar-refractivity contribution is 6.33. The van der Waals surface area contributed by atoms with Crippen molar-refractivity contribution in [1.29, 1.82) is 0 Å². The Morgan fingerprint density at radius 2 is 2.07 bits per heavy atom. The summed E-state index contributed by atoms with van der Waals surface area (Å²) in [5.74, 6) is -0.119. The van der Waals surface area contributed by atoms with Gasteiger partial charge in [0.1, 0.15) is 0 Å². The maximum absolute atomic E-state index is 5.86. The lowest BCUT2D eigenvalue weighted by molar-refractivity contribution is 1.21. The van der Waals surface area contributed by atoms with Crippen molar-refractivity contribution < 1.29 is 0 Å². The zero-order valence-corrected chi connectivity index (χ0v) is 8.07. The Hall–Kier alpha value is -1.75. The SMILES string of the molecule is NC(N)=N/N=C/c1c(N)cccc1Cl. The Morgan fingerprint density at radius 3 is 2.64 bits per heavy atom. The quantitative estimate of drug-likeness (QED) is 0.288. The predicted molar refractivity (Wildman–Crippen MR) is 59.3 cm³/mol. The molecule has 0 heterocycles. The minimum atomic E-state index is -0.119. The summed E-state index contributed by atoms with van der Waals surface area (Å²) in [6.07, 6.45) is 1.40. The number of nitrogens with zero attached hydrogens (tertiary/aromatic N) is 2. The summed E-state index contributed by atoms with van der Waals surface area (Å²) in [6, 6.07) is 5.16. The lowest BCUT2D eigenvalue weighted by atomic mass is 10.2. The van der Waals surface area contributed by atoms with E-state index < -0.39 is 0 Å². The molecule has 0 atom stereocenters. The molecule has 0 bridgehead atoms. The van der Waals surface area contributed by atoms with E-state index in [1.807, 2.05) is 0 Å². The van der Waals surface area contributed by atoms with E-state index in [9.17, 15) is 0 Å². The lowest BCUT2D eigenvalue weighted by Gasteiger charge is -2.00. The van der Waals surface area contributed by atoms with Crippen molar-refractivity contribution in [2.75, 3.05) is 5.73 Å². The first kappa shape index (κ1) is 10.3. The zero-order chi connectivity index (χ0) is 10.6. The molecule has 6 N–H and O–H groups in total. The van der Waals surface area contributed by atoms with Gasteiger partial charge in [0.25, 0.3) is 0 Å². The van der Waals surface area contributed by atoms with Gasteiger partial charge >= 0.3 is 0 Å². The number of anilines is 1. The summed E-state index contributed by atoms with van der Waals surface area (Å²) in [6.45, 7) is 0. The second-order valence-electron chi connectivity index (χ2n) is 2.51. The minimum Gasteiger partial charge on any atom is -0.398 e. The molecule has 1 rings (SSSR count). The van der Waals surface area contributed by atoms with Gasteiger partial charge in [0.2, 0.25) is 5.96 Å². The summed E-state index contributed by atoms with van der Waals surface area (Å²) < 4.78 is 0. The number of rotatable bonds is 2. The summed E-state index contributed by atoms with van der Waals surface area (Å²) in [7, 11) is 0. The molecular weight excluding hydrogens is 202 g/mol. The van der Waals surface area contributed by atoms with E-state index in [2.05, 4.69) is 10.2 Å². The standard InChI is InChI=1S/C8H10ClN5/c9-6-2-1-3-7(10)5(6)4-13-14-8(11)12/h1-4H,10H2,(H4,11,12,14)/b13-4+. The fourth-order valence-corrected chi connectivity index (χ4v) is 1.07. The molecule has 0 saturated carbocycles. The van der Waals surface area contributed by atoms with Gasteiger partial charge in [-0.1, -0.05) is 17.7 Å². The smallest absolute Gasteiger partial charge is 0.211 e. The van der Waals surface area contributed by atoms with Crippen LogP contribution in [0.15, 0.2) is 28.4 Å². The Balaban J connectivity index is 2.97. The Morgan fingerprint density at radius 1 is 1.36 bits per heavy atom. The molecule has 6 heteroatoms. The summed E-state index contributed by atoms with van der Waals surface area (Å²) in [5.41, 5.74) is 16.9. The van der Waals surface area contributed by atoms with Crippen LogP contribution >= 0.6 is 11.6 Å². The molecule has 0 fully saturated rings. The number of halogens is 1. The molecule has 0 radical (unpaired) electrons. The summed E-state index contributed by atoms with van der Waals surface area (Å²) in [4.78, 5) is 0. The van der Waals surface area contributed by atoms with Crippen LogP contribution in [-0.4, -0.2) is 12.2 Å². The van der Waals surface area contributed by atoms with Gasteiger partial charge in [0.15, 0.2) is 0 Å². The highest BCUT2D eigenvalue weighted by atomic mass is 35.5. The monoisotopic (exact) mass is 211 g/mol. The van der Waals surface area contributed by atoms with E-state index in [0.29, 0.717) is 16.3 Å². The van der Waals surface area contributed by atoms with Crippen LogP contribution < -0.4 is 17.2 Å². The van der Waals surface area contributed by atoms with Crippen molar-refractivity contribution in [3.05, 3.63) is 28.8 Å². The Kier molecular flexibility index (Phi) is 3.30. The molecule has 0 unspecified atom stereocenters. The minimum absolute atomic E-state index is 0.119. The second kappa shape index (κ2) is 4.48. The molecule has 0 saturated heterocycles.